The Bertz CT molecular complexity index is 265. The number of hydrogen-bond donors (Lipinski definition) is 2. The van der Waals surface area contributed by atoms with Crippen molar-refractivity contribution in [1.82, 2.24) is 10.6 Å². The van der Waals surface area contributed by atoms with Gasteiger partial charge in [-0.15, -0.1) is 0 Å². The molecule has 0 bridgehead atoms. The molecule has 0 atom stereocenters. The lowest BCUT2D eigenvalue weighted by Gasteiger charge is -2.36. The molecule has 0 aromatic carbocycles. The molecular formula is C14H29N3O2. The maximum atomic E-state index is 5.31. The first kappa shape index (κ1) is 16.2. The molecule has 0 aromatic rings. The van der Waals surface area contributed by atoms with E-state index in [0.717, 1.165) is 64.9 Å². The number of guanidine groups is 1. The molecule has 1 aliphatic heterocycles. The van der Waals surface area contributed by atoms with Crippen molar-refractivity contribution in [3.8, 4) is 0 Å². The van der Waals surface area contributed by atoms with Gasteiger partial charge in [0.1, 0.15) is 0 Å². The van der Waals surface area contributed by atoms with Crippen molar-refractivity contribution >= 4 is 5.96 Å². The number of rotatable bonds is 9. The molecule has 5 nitrogen and oxygen atoms in total. The van der Waals surface area contributed by atoms with E-state index in [2.05, 4.69) is 29.5 Å². The lowest BCUT2D eigenvalue weighted by molar-refractivity contribution is -0.0945. The van der Waals surface area contributed by atoms with Gasteiger partial charge >= 0.3 is 0 Å². The van der Waals surface area contributed by atoms with Crippen LogP contribution in [0.4, 0.5) is 0 Å². The van der Waals surface area contributed by atoms with Crippen LogP contribution in [0.2, 0.25) is 0 Å². The van der Waals surface area contributed by atoms with Gasteiger partial charge in [0.2, 0.25) is 0 Å². The van der Waals surface area contributed by atoms with Crippen LogP contribution in [0.1, 0.15) is 33.6 Å². The Labute approximate surface area is 117 Å². The molecule has 5 heteroatoms. The number of nitrogens with zero attached hydrogens (tertiary/aromatic N) is 1. The van der Waals surface area contributed by atoms with Crippen molar-refractivity contribution < 1.29 is 9.47 Å². The zero-order valence-electron chi connectivity index (χ0n) is 12.6. The van der Waals surface area contributed by atoms with Crippen LogP contribution >= 0.6 is 0 Å². The van der Waals surface area contributed by atoms with E-state index in [1.807, 2.05) is 6.92 Å². The van der Waals surface area contributed by atoms with E-state index in [-0.39, 0.29) is 5.41 Å². The van der Waals surface area contributed by atoms with Gasteiger partial charge in [0.15, 0.2) is 5.96 Å². The average Bonchev–Trinajstić information content (AvgIpc) is 2.37. The Hall–Kier alpha value is -0.810. The molecule has 1 rings (SSSR count). The standard InChI is InChI=1S/C14H29N3O2/c1-4-15-13(16-8-6-7-9-18-5-2)17-10-14(3)11-19-12-14/h4-12H2,1-3H3,(H2,15,16,17). The minimum atomic E-state index is 0.233. The lowest BCUT2D eigenvalue weighted by Crippen LogP contribution is -2.44. The topological polar surface area (TPSA) is 54.9 Å². The first-order valence-corrected chi connectivity index (χ1v) is 7.38. The molecule has 0 radical (unpaired) electrons. The fraction of sp³-hybridized carbons (Fsp3) is 0.929. The molecule has 2 N–H and O–H groups in total. The van der Waals surface area contributed by atoms with E-state index in [9.17, 15) is 0 Å². The second-order valence-electron chi connectivity index (χ2n) is 5.33. The molecule has 19 heavy (non-hydrogen) atoms. The highest BCUT2D eigenvalue weighted by Crippen LogP contribution is 2.26. The zero-order valence-corrected chi connectivity index (χ0v) is 12.6. The average molecular weight is 271 g/mol. The van der Waals surface area contributed by atoms with E-state index in [1.165, 1.54) is 0 Å². The summed E-state index contributed by atoms with van der Waals surface area (Å²) < 4.78 is 10.6. The van der Waals surface area contributed by atoms with Gasteiger partial charge in [0.25, 0.3) is 0 Å². The summed E-state index contributed by atoms with van der Waals surface area (Å²) in [5.74, 6) is 0.909. The smallest absolute Gasteiger partial charge is 0.191 e. The summed E-state index contributed by atoms with van der Waals surface area (Å²) in [7, 11) is 0. The minimum absolute atomic E-state index is 0.233. The molecule has 1 aliphatic rings. The molecule has 1 fully saturated rings. The first-order chi connectivity index (χ1) is 9.20. The van der Waals surface area contributed by atoms with Crippen LogP contribution < -0.4 is 10.6 Å². The fourth-order valence-electron chi connectivity index (χ4n) is 1.83. The lowest BCUT2D eigenvalue weighted by atomic mass is 9.89. The summed E-state index contributed by atoms with van der Waals surface area (Å²) >= 11 is 0. The summed E-state index contributed by atoms with van der Waals surface area (Å²) in [4.78, 5) is 4.62. The van der Waals surface area contributed by atoms with Crippen LogP contribution in [0.25, 0.3) is 0 Å². The highest BCUT2D eigenvalue weighted by Gasteiger charge is 2.33. The summed E-state index contributed by atoms with van der Waals surface area (Å²) in [5, 5.41) is 6.63. The van der Waals surface area contributed by atoms with Gasteiger partial charge in [0, 0.05) is 31.7 Å². The number of unbranched alkanes of at least 4 members (excludes halogenated alkanes) is 1. The van der Waals surface area contributed by atoms with Crippen molar-refractivity contribution in [2.75, 3.05) is 46.1 Å². The van der Waals surface area contributed by atoms with Crippen LogP contribution in [-0.2, 0) is 9.47 Å². The SMILES string of the molecule is CCNC(=NCC1(C)COC1)NCCCCOCC. The van der Waals surface area contributed by atoms with E-state index in [4.69, 9.17) is 9.47 Å². The Morgan fingerprint density at radius 1 is 1.26 bits per heavy atom. The van der Waals surface area contributed by atoms with E-state index >= 15 is 0 Å². The van der Waals surface area contributed by atoms with Crippen molar-refractivity contribution in [3.63, 3.8) is 0 Å². The van der Waals surface area contributed by atoms with Crippen molar-refractivity contribution in [2.45, 2.75) is 33.6 Å². The van der Waals surface area contributed by atoms with Gasteiger partial charge in [-0.1, -0.05) is 6.92 Å². The van der Waals surface area contributed by atoms with E-state index in [1.54, 1.807) is 0 Å². The second-order valence-corrected chi connectivity index (χ2v) is 5.33. The Balaban J connectivity index is 2.17. The van der Waals surface area contributed by atoms with Gasteiger partial charge in [-0.25, -0.2) is 0 Å². The molecule has 112 valence electrons. The minimum Gasteiger partial charge on any atom is -0.382 e. The summed E-state index contributed by atoms with van der Waals surface area (Å²) in [6.07, 6.45) is 2.19. The Morgan fingerprint density at radius 3 is 2.63 bits per heavy atom. The molecular weight excluding hydrogens is 242 g/mol. The number of hydrogen-bond acceptors (Lipinski definition) is 3. The van der Waals surface area contributed by atoms with Crippen LogP contribution in [0.5, 0.6) is 0 Å². The quantitative estimate of drug-likeness (QED) is 0.378. The molecule has 0 saturated carbocycles. The van der Waals surface area contributed by atoms with E-state index < -0.39 is 0 Å². The van der Waals surface area contributed by atoms with Crippen LogP contribution in [0.15, 0.2) is 4.99 Å². The number of ether oxygens (including phenoxy) is 2. The van der Waals surface area contributed by atoms with Crippen LogP contribution in [-0.4, -0.2) is 52.0 Å². The predicted octanol–water partition coefficient (Wildman–Crippen LogP) is 1.39. The van der Waals surface area contributed by atoms with E-state index in [0.29, 0.717) is 0 Å². The third-order valence-corrected chi connectivity index (χ3v) is 3.08. The monoisotopic (exact) mass is 271 g/mol. The summed E-state index contributed by atoms with van der Waals surface area (Å²) in [6, 6.07) is 0. The maximum Gasteiger partial charge on any atom is 0.191 e. The molecule has 1 saturated heterocycles. The fourth-order valence-corrected chi connectivity index (χ4v) is 1.83. The predicted molar refractivity (Wildman–Crippen MR) is 78.6 cm³/mol. The highest BCUT2D eigenvalue weighted by molar-refractivity contribution is 5.79. The van der Waals surface area contributed by atoms with Crippen molar-refractivity contribution in [2.24, 2.45) is 10.4 Å². The highest BCUT2D eigenvalue weighted by atomic mass is 16.5. The van der Waals surface area contributed by atoms with Gasteiger partial charge < -0.3 is 20.1 Å². The molecule has 0 amide bonds. The van der Waals surface area contributed by atoms with Gasteiger partial charge in [0.05, 0.1) is 19.8 Å². The zero-order chi connectivity index (χ0) is 14.0. The molecule has 0 spiro atoms. The molecule has 0 aromatic heterocycles. The van der Waals surface area contributed by atoms with Crippen molar-refractivity contribution in [1.29, 1.82) is 0 Å². The number of nitrogens with one attached hydrogen (secondary N) is 2. The van der Waals surface area contributed by atoms with Crippen molar-refractivity contribution in [3.05, 3.63) is 0 Å². The third kappa shape index (κ3) is 6.78. The second kappa shape index (κ2) is 9.15. The third-order valence-electron chi connectivity index (χ3n) is 3.08. The Kier molecular flexibility index (Phi) is 7.82. The first-order valence-electron chi connectivity index (χ1n) is 7.38. The van der Waals surface area contributed by atoms with Crippen LogP contribution in [0.3, 0.4) is 0 Å². The maximum absolute atomic E-state index is 5.31. The Morgan fingerprint density at radius 2 is 2.05 bits per heavy atom. The molecule has 1 heterocycles. The summed E-state index contributed by atoms with van der Waals surface area (Å²) in [6.45, 7) is 12.3. The van der Waals surface area contributed by atoms with Gasteiger partial charge in [-0.2, -0.15) is 0 Å². The molecule has 0 unspecified atom stereocenters. The largest absolute Gasteiger partial charge is 0.382 e. The number of aliphatic imine (C=N–C) groups is 1. The summed E-state index contributed by atoms with van der Waals surface area (Å²) in [5.41, 5.74) is 0.233. The molecule has 0 aliphatic carbocycles. The van der Waals surface area contributed by atoms with Gasteiger partial charge in [-0.05, 0) is 26.7 Å². The van der Waals surface area contributed by atoms with Crippen LogP contribution in [0, 0.1) is 5.41 Å². The normalized spacial score (nSPS) is 17.9. The van der Waals surface area contributed by atoms with Gasteiger partial charge in [-0.3, -0.25) is 4.99 Å².